The molecule has 8 heteroatoms. The molecule has 0 radical (unpaired) electrons. The Bertz CT molecular complexity index is 635. The van der Waals surface area contributed by atoms with Crippen LogP contribution < -0.4 is 10.5 Å². The first-order valence-corrected chi connectivity index (χ1v) is 7.71. The van der Waals surface area contributed by atoms with E-state index in [-0.39, 0.29) is 29.1 Å². The van der Waals surface area contributed by atoms with Crippen molar-refractivity contribution in [3.63, 3.8) is 0 Å². The van der Waals surface area contributed by atoms with Gasteiger partial charge in [0.15, 0.2) is 0 Å². The number of methoxy groups -OCH3 is 1. The summed E-state index contributed by atoms with van der Waals surface area (Å²) < 4.78 is 31.5. The Kier molecular flexibility index (Phi) is 5.69. The lowest BCUT2D eigenvalue weighted by Crippen LogP contribution is -2.41. The molecule has 0 saturated carbocycles. The van der Waals surface area contributed by atoms with Crippen LogP contribution in [0.25, 0.3) is 0 Å². The van der Waals surface area contributed by atoms with Crippen molar-refractivity contribution in [2.75, 3.05) is 26.0 Å². The summed E-state index contributed by atoms with van der Waals surface area (Å²) in [5.74, 6) is 0. The molecule has 0 aliphatic carbocycles. The zero-order valence-corrected chi connectivity index (χ0v) is 12.8. The van der Waals surface area contributed by atoms with Gasteiger partial charge in [0, 0.05) is 26.7 Å². The molecule has 21 heavy (non-hydrogen) atoms. The number of nitrogen functional groups attached to an aromatic ring is 1. The molecule has 4 N–H and O–H groups in total. The molecule has 1 aromatic rings. The predicted octanol–water partition coefficient (Wildman–Crippen LogP) is 0.206. The van der Waals surface area contributed by atoms with Gasteiger partial charge in [0.1, 0.15) is 4.90 Å². The summed E-state index contributed by atoms with van der Waals surface area (Å²) in [6.45, 7) is 1.66. The van der Waals surface area contributed by atoms with E-state index < -0.39 is 15.6 Å². The van der Waals surface area contributed by atoms with Gasteiger partial charge >= 0.3 is 0 Å². The number of rotatable bonds is 7. The minimum Gasteiger partial charge on any atom is -0.398 e. The largest absolute Gasteiger partial charge is 0.398 e. The number of nitrogens with two attached hydrogens (primary N) is 1. The lowest BCUT2D eigenvalue weighted by Gasteiger charge is -2.23. The number of sulfonamides is 1. The van der Waals surface area contributed by atoms with E-state index in [2.05, 4.69) is 4.72 Å². The Morgan fingerprint density at radius 2 is 2.19 bits per heavy atom. The van der Waals surface area contributed by atoms with E-state index in [1.165, 1.54) is 32.2 Å². The van der Waals surface area contributed by atoms with Crippen LogP contribution in [0.15, 0.2) is 23.1 Å². The Balaban J connectivity index is 2.86. The lowest BCUT2D eigenvalue weighted by atomic mass is 10.0. The molecule has 0 aliphatic rings. The van der Waals surface area contributed by atoms with Crippen LogP contribution in [0.1, 0.15) is 18.9 Å². The van der Waals surface area contributed by atoms with E-state index in [1.807, 2.05) is 6.07 Å². The van der Waals surface area contributed by atoms with Gasteiger partial charge in [-0.1, -0.05) is 0 Å². The quantitative estimate of drug-likeness (QED) is 0.618. The highest BCUT2D eigenvalue weighted by atomic mass is 32.2. The van der Waals surface area contributed by atoms with Crippen molar-refractivity contribution in [2.24, 2.45) is 0 Å². The zero-order chi connectivity index (χ0) is 16.1. The molecule has 1 aromatic carbocycles. The minimum absolute atomic E-state index is 0.0157. The maximum Gasteiger partial charge on any atom is 0.242 e. The van der Waals surface area contributed by atoms with Crippen molar-refractivity contribution in [3.05, 3.63) is 23.8 Å². The molecule has 0 spiro atoms. The molecule has 1 unspecified atom stereocenters. The second kappa shape index (κ2) is 6.87. The van der Waals surface area contributed by atoms with Crippen molar-refractivity contribution in [1.29, 1.82) is 5.26 Å². The summed E-state index contributed by atoms with van der Waals surface area (Å²) in [5, 5.41) is 18.8. The van der Waals surface area contributed by atoms with Gasteiger partial charge in [0.2, 0.25) is 10.0 Å². The monoisotopic (exact) mass is 313 g/mol. The van der Waals surface area contributed by atoms with Crippen molar-refractivity contribution in [1.82, 2.24) is 4.72 Å². The molecule has 7 nitrogen and oxygen atoms in total. The van der Waals surface area contributed by atoms with Crippen molar-refractivity contribution in [2.45, 2.75) is 23.8 Å². The Hall–Kier alpha value is -1.66. The van der Waals surface area contributed by atoms with Crippen molar-refractivity contribution >= 4 is 15.7 Å². The van der Waals surface area contributed by atoms with Crippen LogP contribution in [0.2, 0.25) is 0 Å². The number of aliphatic hydroxyl groups is 1. The standard InChI is InChI=1S/C13H19N3O4S/c1-13(17,5-6-20-2)9-16-21(18,19)12-4-3-10(8-14)7-11(12)15/h3-4,7,16-17H,5-6,9,15H2,1-2H3. The third-order valence-corrected chi connectivity index (χ3v) is 4.39. The van der Waals surface area contributed by atoms with Crippen molar-refractivity contribution in [3.8, 4) is 6.07 Å². The fraction of sp³-hybridized carbons (Fsp3) is 0.462. The summed E-state index contributed by atoms with van der Waals surface area (Å²) >= 11 is 0. The Morgan fingerprint density at radius 3 is 2.71 bits per heavy atom. The normalized spacial score (nSPS) is 14.4. The maximum absolute atomic E-state index is 12.2. The molecular weight excluding hydrogens is 294 g/mol. The van der Waals surface area contributed by atoms with Gasteiger partial charge < -0.3 is 15.6 Å². The summed E-state index contributed by atoms with van der Waals surface area (Å²) in [6, 6.07) is 5.80. The second-order valence-corrected chi connectivity index (χ2v) is 6.66. The Labute approximate surface area is 124 Å². The van der Waals surface area contributed by atoms with Gasteiger partial charge in [-0.15, -0.1) is 0 Å². The first-order valence-electron chi connectivity index (χ1n) is 6.22. The lowest BCUT2D eigenvalue weighted by molar-refractivity contribution is 0.0292. The van der Waals surface area contributed by atoms with E-state index in [9.17, 15) is 13.5 Å². The Morgan fingerprint density at radius 1 is 1.52 bits per heavy atom. The number of nitrogens with zero attached hydrogens (tertiary/aromatic N) is 1. The average Bonchev–Trinajstić information content (AvgIpc) is 2.43. The molecule has 0 fully saturated rings. The molecule has 0 amide bonds. The molecule has 116 valence electrons. The molecule has 0 aliphatic heterocycles. The highest BCUT2D eigenvalue weighted by molar-refractivity contribution is 7.89. The minimum atomic E-state index is -3.86. The molecule has 0 heterocycles. The summed E-state index contributed by atoms with van der Waals surface area (Å²) in [4.78, 5) is -0.121. The van der Waals surface area contributed by atoms with Gasteiger partial charge in [-0.2, -0.15) is 5.26 Å². The molecular formula is C13H19N3O4S. The number of nitrogens with one attached hydrogen (secondary N) is 1. The number of anilines is 1. The fourth-order valence-electron chi connectivity index (χ4n) is 1.60. The van der Waals surface area contributed by atoms with Crippen LogP contribution >= 0.6 is 0 Å². The zero-order valence-electron chi connectivity index (χ0n) is 12.0. The van der Waals surface area contributed by atoms with Gasteiger partial charge in [-0.25, -0.2) is 13.1 Å². The number of hydrogen-bond donors (Lipinski definition) is 3. The van der Waals surface area contributed by atoms with E-state index in [4.69, 9.17) is 15.7 Å². The van der Waals surface area contributed by atoms with Crippen molar-refractivity contribution < 1.29 is 18.3 Å². The highest BCUT2D eigenvalue weighted by Gasteiger charge is 2.25. The SMILES string of the molecule is COCCC(C)(O)CNS(=O)(=O)c1ccc(C#N)cc1N. The number of ether oxygens (including phenoxy) is 1. The van der Waals surface area contributed by atoms with Crippen LogP contribution in [0, 0.1) is 11.3 Å². The third kappa shape index (κ3) is 4.99. The van der Waals surface area contributed by atoms with Gasteiger partial charge in [0.25, 0.3) is 0 Å². The summed E-state index contributed by atoms with van der Waals surface area (Å²) in [7, 11) is -2.36. The van der Waals surface area contributed by atoms with E-state index >= 15 is 0 Å². The number of nitriles is 1. The second-order valence-electron chi connectivity index (χ2n) is 4.93. The number of benzene rings is 1. The third-order valence-electron chi connectivity index (χ3n) is 2.92. The first-order chi connectivity index (χ1) is 9.72. The van der Waals surface area contributed by atoms with Crippen LogP contribution in [0.5, 0.6) is 0 Å². The maximum atomic E-state index is 12.2. The predicted molar refractivity (Wildman–Crippen MR) is 77.9 cm³/mol. The topological polar surface area (TPSA) is 125 Å². The van der Waals surface area contributed by atoms with Crippen LogP contribution in [0.4, 0.5) is 5.69 Å². The molecule has 1 atom stereocenters. The molecule has 0 aromatic heterocycles. The van der Waals surface area contributed by atoms with E-state index in [0.29, 0.717) is 6.61 Å². The molecule has 0 bridgehead atoms. The summed E-state index contributed by atoms with van der Waals surface area (Å²) in [5.41, 5.74) is 4.68. The van der Waals surface area contributed by atoms with Gasteiger partial charge in [-0.3, -0.25) is 0 Å². The molecule has 0 saturated heterocycles. The highest BCUT2D eigenvalue weighted by Crippen LogP contribution is 2.20. The molecule has 1 rings (SSSR count). The smallest absolute Gasteiger partial charge is 0.242 e. The average molecular weight is 313 g/mol. The van der Waals surface area contributed by atoms with Gasteiger partial charge in [-0.05, 0) is 25.1 Å². The fourth-order valence-corrected chi connectivity index (χ4v) is 2.87. The van der Waals surface area contributed by atoms with E-state index in [1.54, 1.807) is 0 Å². The summed E-state index contributed by atoms with van der Waals surface area (Å²) in [6.07, 6.45) is 0.287. The van der Waals surface area contributed by atoms with Crippen LogP contribution in [-0.4, -0.2) is 39.4 Å². The van der Waals surface area contributed by atoms with Crippen LogP contribution in [0.3, 0.4) is 0 Å². The number of hydrogen-bond acceptors (Lipinski definition) is 6. The first kappa shape index (κ1) is 17.4. The van der Waals surface area contributed by atoms with Gasteiger partial charge in [0.05, 0.1) is 22.9 Å². The van der Waals surface area contributed by atoms with E-state index in [0.717, 1.165) is 0 Å². The van der Waals surface area contributed by atoms with Crippen LogP contribution in [-0.2, 0) is 14.8 Å².